The number of ether oxygens (including phenoxy) is 6. The summed E-state index contributed by atoms with van der Waals surface area (Å²) < 4.78 is 33.1. The van der Waals surface area contributed by atoms with Crippen molar-refractivity contribution in [3.8, 4) is 0 Å². The van der Waals surface area contributed by atoms with Gasteiger partial charge in [0, 0.05) is 12.8 Å². The van der Waals surface area contributed by atoms with Gasteiger partial charge >= 0.3 is 11.9 Å². The Bertz CT molecular complexity index is 955. The molecule has 7 N–H and O–H groups in total. The van der Waals surface area contributed by atoms with Gasteiger partial charge in [0.05, 0.1) is 19.8 Å². The Morgan fingerprint density at radius 2 is 0.962 bits per heavy atom. The minimum Gasteiger partial charge on any atom is -0.462 e. The van der Waals surface area contributed by atoms with E-state index in [1.807, 2.05) is 0 Å². The van der Waals surface area contributed by atoms with Crippen LogP contribution in [0, 0.1) is 0 Å². The Kier molecular flexibility index (Phi) is 25.2. The van der Waals surface area contributed by atoms with Crippen molar-refractivity contribution in [3.05, 3.63) is 0 Å². The van der Waals surface area contributed by atoms with E-state index in [4.69, 9.17) is 28.4 Å². The molecule has 0 spiro atoms. The Morgan fingerprint density at radius 1 is 0.528 bits per heavy atom. The average Bonchev–Trinajstić information content (AvgIpc) is 3.15. The van der Waals surface area contributed by atoms with Gasteiger partial charge < -0.3 is 64.2 Å². The molecule has 0 aromatic carbocycles. The Morgan fingerprint density at radius 3 is 1.49 bits per heavy atom. The third kappa shape index (κ3) is 18.3. The summed E-state index contributed by atoms with van der Waals surface area (Å²) in [4.78, 5) is 25.2. The number of carbonyl (C=O) groups excluding carboxylic acids is 2. The largest absolute Gasteiger partial charge is 0.462 e. The maximum absolute atomic E-state index is 12.8. The quantitative estimate of drug-likeness (QED) is 0.0429. The van der Waals surface area contributed by atoms with Crippen LogP contribution in [0.4, 0.5) is 0 Å². The molecule has 15 nitrogen and oxygen atoms in total. The first-order valence-electron chi connectivity index (χ1n) is 20.1. The van der Waals surface area contributed by atoms with Crippen LogP contribution < -0.4 is 0 Å². The number of rotatable bonds is 29. The van der Waals surface area contributed by atoms with Crippen molar-refractivity contribution in [2.45, 2.75) is 203 Å². The SMILES string of the molecule is CCCCCCCCCCCCCCCC(=O)OC(COC(=O)CCCCCC)COC1OC(COC2OC(CO)C(O)C(O)C2O)C(O)C(O)C1O. The standard InChI is InChI=1S/C38H70O15/c1-3-5-7-9-10-11-12-13-14-15-16-17-19-21-30(41)51-26(23-48-29(40)20-18-8-6-4-2)24-49-37-36(47)34(45)32(43)28(53-37)25-50-38-35(46)33(44)31(42)27(22-39)52-38/h26-28,31-39,42-47H,3-25H2,1-2H3. The van der Waals surface area contributed by atoms with E-state index in [1.54, 1.807) is 0 Å². The van der Waals surface area contributed by atoms with Gasteiger partial charge in [-0.3, -0.25) is 9.59 Å². The van der Waals surface area contributed by atoms with Gasteiger partial charge in [0.2, 0.25) is 0 Å². The molecule has 0 aromatic heterocycles. The fourth-order valence-corrected chi connectivity index (χ4v) is 6.39. The van der Waals surface area contributed by atoms with Gasteiger partial charge in [0.1, 0.15) is 55.4 Å². The predicted molar refractivity (Wildman–Crippen MR) is 192 cm³/mol. The molecule has 312 valence electrons. The lowest BCUT2D eigenvalue weighted by atomic mass is 9.98. The highest BCUT2D eigenvalue weighted by atomic mass is 16.7. The van der Waals surface area contributed by atoms with Crippen molar-refractivity contribution in [2.24, 2.45) is 0 Å². The van der Waals surface area contributed by atoms with Crippen LogP contribution in [0.5, 0.6) is 0 Å². The van der Waals surface area contributed by atoms with E-state index in [0.29, 0.717) is 12.8 Å². The molecule has 0 radical (unpaired) electrons. The van der Waals surface area contributed by atoms with Gasteiger partial charge in [-0.1, -0.05) is 110 Å². The first kappa shape index (κ1) is 47.7. The summed E-state index contributed by atoms with van der Waals surface area (Å²) in [5.74, 6) is -0.941. The van der Waals surface area contributed by atoms with E-state index in [2.05, 4.69) is 13.8 Å². The first-order valence-corrected chi connectivity index (χ1v) is 20.1. The van der Waals surface area contributed by atoms with Gasteiger partial charge in [-0.25, -0.2) is 0 Å². The molecule has 15 heteroatoms. The Balaban J connectivity index is 1.85. The van der Waals surface area contributed by atoms with Gasteiger partial charge in [-0.15, -0.1) is 0 Å². The lowest BCUT2D eigenvalue weighted by Gasteiger charge is -2.42. The van der Waals surface area contributed by atoms with E-state index in [9.17, 15) is 45.3 Å². The summed E-state index contributed by atoms with van der Waals surface area (Å²) in [7, 11) is 0. The Labute approximate surface area is 315 Å². The lowest BCUT2D eigenvalue weighted by Crippen LogP contribution is -2.61. The fourth-order valence-electron chi connectivity index (χ4n) is 6.39. The normalized spacial score (nSPS) is 29.5. The van der Waals surface area contributed by atoms with E-state index in [0.717, 1.165) is 38.5 Å². The zero-order chi connectivity index (χ0) is 39.0. The number of aliphatic hydroxyl groups excluding tert-OH is 7. The predicted octanol–water partition coefficient (Wildman–Crippen LogP) is 2.53. The highest BCUT2D eigenvalue weighted by molar-refractivity contribution is 5.70. The molecule has 0 saturated carbocycles. The molecule has 53 heavy (non-hydrogen) atoms. The molecule has 0 aliphatic carbocycles. The molecule has 11 atom stereocenters. The molecule has 2 rings (SSSR count). The van der Waals surface area contributed by atoms with E-state index >= 15 is 0 Å². The van der Waals surface area contributed by atoms with Crippen molar-refractivity contribution in [3.63, 3.8) is 0 Å². The summed E-state index contributed by atoms with van der Waals surface area (Å²) >= 11 is 0. The first-order chi connectivity index (χ1) is 25.5. The summed E-state index contributed by atoms with van der Waals surface area (Å²) in [5, 5.41) is 71.4. The van der Waals surface area contributed by atoms with Crippen LogP contribution in [0.1, 0.15) is 136 Å². The van der Waals surface area contributed by atoms with Gasteiger partial charge in [0.15, 0.2) is 18.7 Å². The minimum atomic E-state index is -1.75. The third-order valence-corrected chi connectivity index (χ3v) is 9.84. The smallest absolute Gasteiger partial charge is 0.306 e. The van der Waals surface area contributed by atoms with Crippen LogP contribution in [-0.2, 0) is 38.0 Å². The summed E-state index contributed by atoms with van der Waals surface area (Å²) in [6, 6.07) is 0. The molecular formula is C38H70O15. The van der Waals surface area contributed by atoms with Crippen LogP contribution in [0.2, 0.25) is 0 Å². The molecule has 0 bridgehead atoms. The van der Waals surface area contributed by atoms with Crippen LogP contribution in [0.3, 0.4) is 0 Å². The molecular weight excluding hydrogens is 696 g/mol. The van der Waals surface area contributed by atoms with E-state index in [-0.39, 0.29) is 26.1 Å². The minimum absolute atomic E-state index is 0.171. The molecule has 2 heterocycles. The van der Waals surface area contributed by atoms with Gasteiger partial charge in [0.25, 0.3) is 0 Å². The van der Waals surface area contributed by atoms with Crippen molar-refractivity contribution in [2.75, 3.05) is 26.4 Å². The van der Waals surface area contributed by atoms with Crippen LogP contribution in [-0.4, -0.2) is 142 Å². The maximum Gasteiger partial charge on any atom is 0.306 e. The molecule has 0 amide bonds. The number of carbonyl (C=O) groups is 2. The highest BCUT2D eigenvalue weighted by Gasteiger charge is 2.47. The van der Waals surface area contributed by atoms with E-state index < -0.39 is 92.7 Å². The van der Waals surface area contributed by atoms with Crippen LogP contribution in [0.15, 0.2) is 0 Å². The topological polar surface area (TPSA) is 231 Å². The van der Waals surface area contributed by atoms with Crippen molar-refractivity contribution < 1.29 is 73.8 Å². The Hall–Kier alpha value is -1.50. The molecule has 11 unspecified atom stereocenters. The second-order valence-electron chi connectivity index (χ2n) is 14.5. The van der Waals surface area contributed by atoms with Gasteiger partial charge in [-0.2, -0.15) is 0 Å². The molecule has 2 saturated heterocycles. The second-order valence-corrected chi connectivity index (χ2v) is 14.5. The number of hydrogen-bond donors (Lipinski definition) is 7. The number of unbranched alkanes of at least 4 members (excludes halogenated alkanes) is 15. The number of esters is 2. The summed E-state index contributed by atoms with van der Waals surface area (Å²) in [6.45, 7) is 2.42. The van der Waals surface area contributed by atoms with Crippen molar-refractivity contribution in [1.29, 1.82) is 0 Å². The monoisotopic (exact) mass is 766 g/mol. The van der Waals surface area contributed by atoms with Crippen LogP contribution in [0.25, 0.3) is 0 Å². The van der Waals surface area contributed by atoms with Crippen molar-refractivity contribution in [1.82, 2.24) is 0 Å². The van der Waals surface area contributed by atoms with Gasteiger partial charge in [-0.05, 0) is 12.8 Å². The average molecular weight is 767 g/mol. The third-order valence-electron chi connectivity index (χ3n) is 9.84. The van der Waals surface area contributed by atoms with E-state index in [1.165, 1.54) is 57.8 Å². The molecule has 2 fully saturated rings. The molecule has 2 aliphatic rings. The summed E-state index contributed by atoms with van der Waals surface area (Å²) in [6.07, 6.45) is 2.35. The van der Waals surface area contributed by atoms with Crippen molar-refractivity contribution >= 4 is 11.9 Å². The highest BCUT2D eigenvalue weighted by Crippen LogP contribution is 2.26. The lowest BCUT2D eigenvalue weighted by molar-refractivity contribution is -0.332. The number of aliphatic hydroxyl groups is 7. The molecule has 2 aliphatic heterocycles. The zero-order valence-corrected chi connectivity index (χ0v) is 32.0. The maximum atomic E-state index is 12.8. The zero-order valence-electron chi connectivity index (χ0n) is 32.0. The van der Waals surface area contributed by atoms with Crippen LogP contribution >= 0.6 is 0 Å². The number of hydrogen-bond acceptors (Lipinski definition) is 15. The second kappa shape index (κ2) is 28.0. The molecule has 0 aromatic rings. The summed E-state index contributed by atoms with van der Waals surface area (Å²) in [5.41, 5.74) is 0. The fraction of sp³-hybridized carbons (Fsp3) is 0.947.